The first-order chi connectivity index (χ1) is 16.8. The van der Waals surface area contributed by atoms with Gasteiger partial charge in [-0.3, -0.25) is 0 Å². The molecular formula is C33H38OP+. The van der Waals surface area contributed by atoms with Crippen LogP contribution in [0.3, 0.4) is 0 Å². The Morgan fingerprint density at radius 1 is 0.857 bits per heavy atom. The molecule has 3 aromatic carbocycles. The molecular weight excluding hydrogens is 443 g/mol. The van der Waals surface area contributed by atoms with Crippen LogP contribution in [0.2, 0.25) is 0 Å². The lowest BCUT2D eigenvalue weighted by Crippen LogP contribution is -2.33. The Balaban J connectivity index is 1.76. The van der Waals surface area contributed by atoms with Crippen LogP contribution in [-0.2, 0) is 0 Å². The second-order valence-corrected chi connectivity index (χ2v) is 14.0. The Hall–Kier alpha value is -2.73. The van der Waals surface area contributed by atoms with Crippen LogP contribution in [0.4, 0.5) is 0 Å². The lowest BCUT2D eigenvalue weighted by Gasteiger charge is -2.35. The Labute approximate surface area is 212 Å². The molecule has 1 nitrogen and oxygen atoms in total. The maximum atomic E-state index is 10.2. The molecule has 0 fully saturated rings. The molecule has 0 radical (unpaired) electrons. The van der Waals surface area contributed by atoms with Crippen LogP contribution in [0.5, 0.6) is 0 Å². The Morgan fingerprint density at radius 3 is 1.74 bits per heavy atom. The first kappa shape index (κ1) is 25.4. The van der Waals surface area contributed by atoms with E-state index in [2.05, 4.69) is 137 Å². The molecule has 0 aliphatic heterocycles. The minimum atomic E-state index is -1.86. The predicted octanol–water partition coefficient (Wildman–Crippen LogP) is 6.98. The van der Waals surface area contributed by atoms with Crippen LogP contribution < -0.4 is 15.9 Å². The van der Waals surface area contributed by atoms with Crippen molar-refractivity contribution in [2.45, 2.75) is 46.6 Å². The fourth-order valence-corrected chi connectivity index (χ4v) is 9.69. The number of aliphatic hydroxyl groups excluding tert-OH is 1. The van der Waals surface area contributed by atoms with Crippen molar-refractivity contribution in [2.75, 3.05) is 6.16 Å². The van der Waals surface area contributed by atoms with Gasteiger partial charge in [-0.25, -0.2) is 0 Å². The fraction of sp³-hybridized carbons (Fsp3) is 0.273. The Morgan fingerprint density at radius 2 is 1.31 bits per heavy atom. The van der Waals surface area contributed by atoms with E-state index in [0.29, 0.717) is 0 Å². The van der Waals surface area contributed by atoms with E-state index in [4.69, 9.17) is 0 Å². The maximum Gasteiger partial charge on any atom is 0.115 e. The van der Waals surface area contributed by atoms with Crippen LogP contribution in [0.25, 0.3) is 0 Å². The predicted molar refractivity (Wildman–Crippen MR) is 155 cm³/mol. The number of hydrogen-bond acceptors (Lipinski definition) is 1. The summed E-state index contributed by atoms with van der Waals surface area (Å²) >= 11 is 0. The summed E-state index contributed by atoms with van der Waals surface area (Å²) in [6.45, 7) is 8.87. The molecule has 180 valence electrons. The van der Waals surface area contributed by atoms with Crippen molar-refractivity contribution in [1.82, 2.24) is 0 Å². The van der Waals surface area contributed by atoms with Gasteiger partial charge >= 0.3 is 0 Å². The second-order valence-electron chi connectivity index (χ2n) is 10.4. The van der Waals surface area contributed by atoms with Gasteiger partial charge in [0.1, 0.15) is 23.2 Å². The molecule has 0 bridgehead atoms. The van der Waals surface area contributed by atoms with Crippen molar-refractivity contribution in [3.63, 3.8) is 0 Å². The lowest BCUT2D eigenvalue weighted by molar-refractivity contribution is 0.116. The van der Waals surface area contributed by atoms with Crippen LogP contribution in [0.1, 0.15) is 40.5 Å². The van der Waals surface area contributed by atoms with Crippen molar-refractivity contribution in [2.24, 2.45) is 5.41 Å². The van der Waals surface area contributed by atoms with E-state index in [1.54, 1.807) is 0 Å². The van der Waals surface area contributed by atoms with Crippen LogP contribution in [0, 0.1) is 5.41 Å². The van der Waals surface area contributed by atoms with Crippen molar-refractivity contribution in [1.29, 1.82) is 0 Å². The van der Waals surface area contributed by atoms with E-state index in [-0.39, 0.29) is 11.5 Å². The summed E-state index contributed by atoms with van der Waals surface area (Å²) < 4.78 is 0. The van der Waals surface area contributed by atoms with Gasteiger partial charge in [0.05, 0.1) is 12.3 Å². The normalized spacial score (nSPS) is 18.8. The summed E-state index contributed by atoms with van der Waals surface area (Å²) in [7, 11) is -1.86. The van der Waals surface area contributed by atoms with Gasteiger partial charge in [-0.05, 0) is 80.2 Å². The summed E-state index contributed by atoms with van der Waals surface area (Å²) in [6, 6.07) is 33.1. The minimum absolute atomic E-state index is 0.00654. The lowest BCUT2D eigenvalue weighted by atomic mass is 9.71. The third-order valence-corrected chi connectivity index (χ3v) is 11.5. The molecule has 35 heavy (non-hydrogen) atoms. The van der Waals surface area contributed by atoms with Gasteiger partial charge in [-0.1, -0.05) is 91.7 Å². The van der Waals surface area contributed by atoms with Crippen LogP contribution in [-0.4, -0.2) is 17.4 Å². The molecule has 0 spiro atoms. The molecule has 0 saturated heterocycles. The summed E-state index contributed by atoms with van der Waals surface area (Å²) in [5.74, 6) is 0. The quantitative estimate of drug-likeness (QED) is 0.285. The molecule has 0 heterocycles. The average Bonchev–Trinajstić information content (AvgIpc) is 2.85. The van der Waals surface area contributed by atoms with Gasteiger partial charge in [0.25, 0.3) is 0 Å². The molecule has 1 aliphatic carbocycles. The van der Waals surface area contributed by atoms with Gasteiger partial charge in [0.15, 0.2) is 0 Å². The van der Waals surface area contributed by atoms with Gasteiger partial charge in [-0.15, -0.1) is 0 Å². The molecule has 1 N–H and O–H groups in total. The maximum absolute atomic E-state index is 10.2. The highest BCUT2D eigenvalue weighted by atomic mass is 31.2. The molecule has 0 aromatic heterocycles. The van der Waals surface area contributed by atoms with Crippen molar-refractivity contribution >= 4 is 23.2 Å². The fourth-order valence-electron chi connectivity index (χ4n) is 5.55. The SMILES string of the molecule is CC(C=CC1=C(C)C[C@@H](O)CC1(C)C)=CC[P+](c1ccccc1)(c1ccccc1)c1ccccc1. The molecule has 1 aliphatic rings. The van der Waals surface area contributed by atoms with E-state index >= 15 is 0 Å². The molecule has 1 atom stereocenters. The first-order valence-corrected chi connectivity index (χ1v) is 14.6. The molecule has 0 unspecified atom stereocenters. The van der Waals surface area contributed by atoms with E-state index < -0.39 is 7.26 Å². The Kier molecular flexibility index (Phi) is 7.90. The molecule has 0 amide bonds. The van der Waals surface area contributed by atoms with Gasteiger partial charge < -0.3 is 5.11 Å². The number of benzene rings is 3. The van der Waals surface area contributed by atoms with Gasteiger partial charge in [0, 0.05) is 0 Å². The highest BCUT2D eigenvalue weighted by Crippen LogP contribution is 2.55. The number of aliphatic hydroxyl groups is 1. The first-order valence-electron chi connectivity index (χ1n) is 12.6. The van der Waals surface area contributed by atoms with E-state index in [0.717, 1.165) is 19.0 Å². The van der Waals surface area contributed by atoms with E-state index in [1.165, 1.54) is 32.6 Å². The van der Waals surface area contributed by atoms with Crippen LogP contribution in [0.15, 0.2) is 126 Å². The van der Waals surface area contributed by atoms with Crippen molar-refractivity contribution in [3.8, 4) is 0 Å². The zero-order chi connectivity index (χ0) is 24.9. The molecule has 4 rings (SSSR count). The highest BCUT2D eigenvalue weighted by Gasteiger charge is 2.44. The van der Waals surface area contributed by atoms with E-state index in [1.807, 2.05) is 0 Å². The minimum Gasteiger partial charge on any atom is -0.393 e. The van der Waals surface area contributed by atoms with Gasteiger partial charge in [0.2, 0.25) is 0 Å². The van der Waals surface area contributed by atoms with E-state index in [9.17, 15) is 5.11 Å². The molecule has 3 aromatic rings. The summed E-state index contributed by atoms with van der Waals surface area (Å²) in [4.78, 5) is 0. The average molecular weight is 482 g/mol. The van der Waals surface area contributed by atoms with Crippen LogP contribution >= 0.6 is 7.26 Å². The smallest absolute Gasteiger partial charge is 0.115 e. The van der Waals surface area contributed by atoms with Crippen molar-refractivity contribution < 1.29 is 5.11 Å². The largest absolute Gasteiger partial charge is 0.393 e. The van der Waals surface area contributed by atoms with Gasteiger partial charge in [-0.2, -0.15) is 0 Å². The molecule has 2 heteroatoms. The standard InChI is InChI=1S/C33H38OP/c1-26(20-21-32-27(2)24-28(34)25-33(32,3)4)22-23-35(29-14-8-5-9-15-29,30-16-10-6-11-17-30)31-18-12-7-13-19-31/h5-22,28,34H,23-25H2,1-4H3/q+1/t28-/m1/s1. The highest BCUT2D eigenvalue weighted by molar-refractivity contribution is 7.95. The topological polar surface area (TPSA) is 20.2 Å². The third kappa shape index (κ3) is 5.58. The second kappa shape index (κ2) is 10.9. The monoisotopic (exact) mass is 481 g/mol. The summed E-state index contributed by atoms with van der Waals surface area (Å²) in [6.07, 6.45) is 9.33. The zero-order valence-corrected chi connectivity index (χ0v) is 22.4. The number of hydrogen-bond donors (Lipinski definition) is 1. The molecule has 0 saturated carbocycles. The summed E-state index contributed by atoms with van der Waals surface area (Å²) in [5, 5.41) is 14.5. The third-order valence-electron chi connectivity index (χ3n) is 7.27. The number of rotatable bonds is 7. The number of allylic oxidation sites excluding steroid dienone is 5. The Bertz CT molecular complexity index is 1110. The zero-order valence-electron chi connectivity index (χ0n) is 21.5. The van der Waals surface area contributed by atoms with Crippen molar-refractivity contribution in [3.05, 3.63) is 126 Å². The summed E-state index contributed by atoms with van der Waals surface area (Å²) in [5.41, 5.74) is 3.94.